The van der Waals surface area contributed by atoms with Gasteiger partial charge in [0, 0.05) is 32.7 Å². The molecule has 1 aromatic carbocycles. The molecule has 2 aliphatic heterocycles. The van der Waals surface area contributed by atoms with Crippen molar-refractivity contribution >= 4 is 28.9 Å². The summed E-state index contributed by atoms with van der Waals surface area (Å²) in [4.78, 5) is 20.4. The summed E-state index contributed by atoms with van der Waals surface area (Å²) in [6.07, 6.45) is -3.22. The molecule has 3 rings (SSSR count). The van der Waals surface area contributed by atoms with Crippen LogP contribution in [0.3, 0.4) is 0 Å². The Morgan fingerprint density at radius 3 is 2.54 bits per heavy atom. The summed E-state index contributed by atoms with van der Waals surface area (Å²) in [6, 6.07) is 5.17. The van der Waals surface area contributed by atoms with Crippen LogP contribution in [0.15, 0.2) is 34.2 Å². The van der Waals surface area contributed by atoms with E-state index in [0.29, 0.717) is 24.8 Å². The van der Waals surface area contributed by atoms with Crippen molar-refractivity contribution in [2.24, 2.45) is 4.99 Å². The Labute approximate surface area is 153 Å². The number of aliphatic hydroxyl groups is 1. The topological polar surface area (TPSA) is 56.1 Å². The number of thioether (sulfide) groups is 1. The summed E-state index contributed by atoms with van der Waals surface area (Å²) in [5.41, 5.74) is -0.813. The molecule has 0 aliphatic carbocycles. The van der Waals surface area contributed by atoms with Crippen molar-refractivity contribution in [3.8, 4) is 0 Å². The number of hydrogen-bond donors (Lipinski definition) is 1. The summed E-state index contributed by atoms with van der Waals surface area (Å²) < 4.78 is 39.3. The zero-order valence-corrected chi connectivity index (χ0v) is 14.7. The van der Waals surface area contributed by atoms with E-state index in [1.165, 1.54) is 24.3 Å². The third-order valence-electron chi connectivity index (χ3n) is 4.22. The molecule has 2 heterocycles. The van der Waals surface area contributed by atoms with Crippen molar-refractivity contribution in [1.29, 1.82) is 0 Å². The van der Waals surface area contributed by atoms with Crippen molar-refractivity contribution in [2.75, 3.05) is 39.3 Å². The zero-order valence-electron chi connectivity index (χ0n) is 13.9. The molecule has 0 saturated carbocycles. The lowest BCUT2D eigenvalue weighted by molar-refractivity contribution is -0.137. The largest absolute Gasteiger partial charge is 0.416 e. The first-order chi connectivity index (χ1) is 12.4. The van der Waals surface area contributed by atoms with Gasteiger partial charge in [0.25, 0.3) is 5.91 Å². The quantitative estimate of drug-likeness (QED) is 0.810. The lowest BCUT2D eigenvalue weighted by Crippen LogP contribution is -2.48. The number of piperazine rings is 1. The molecule has 5 nitrogen and oxygen atoms in total. The summed E-state index contributed by atoms with van der Waals surface area (Å²) in [6.45, 7) is 3.50. The number of aliphatic hydroxyl groups excluding tert-OH is 1. The number of nitrogens with zero attached hydrogens (tertiary/aromatic N) is 3. The fourth-order valence-electron chi connectivity index (χ4n) is 2.86. The van der Waals surface area contributed by atoms with Crippen molar-refractivity contribution in [1.82, 2.24) is 9.80 Å². The van der Waals surface area contributed by atoms with Crippen LogP contribution < -0.4 is 0 Å². The minimum atomic E-state index is -4.48. The number of β-amino-alcohol motifs (C(OH)–C–C–N with tert-alkyl or cyclic N) is 1. The van der Waals surface area contributed by atoms with E-state index in [1.54, 1.807) is 0 Å². The van der Waals surface area contributed by atoms with E-state index in [1.807, 2.05) is 4.90 Å². The second-order valence-corrected chi connectivity index (χ2v) is 6.96. The number of amides is 1. The van der Waals surface area contributed by atoms with Gasteiger partial charge in [0.15, 0.2) is 5.17 Å². The Morgan fingerprint density at radius 2 is 1.88 bits per heavy atom. The first-order valence-electron chi connectivity index (χ1n) is 8.15. The van der Waals surface area contributed by atoms with Gasteiger partial charge in [-0.15, -0.1) is 0 Å². The van der Waals surface area contributed by atoms with Crippen LogP contribution >= 0.6 is 11.8 Å². The van der Waals surface area contributed by atoms with Gasteiger partial charge >= 0.3 is 6.18 Å². The van der Waals surface area contributed by atoms with Crippen molar-refractivity contribution in [3.63, 3.8) is 0 Å². The number of hydrogen-bond acceptors (Lipinski definition) is 5. The van der Waals surface area contributed by atoms with E-state index in [9.17, 15) is 18.0 Å². The van der Waals surface area contributed by atoms with Gasteiger partial charge in [-0.1, -0.05) is 18.2 Å². The SMILES string of the molecule is O=C1N=C(N2CCN(CCO)CC2)S/C1=C/c1ccccc1C(F)(F)F. The number of rotatable bonds is 3. The summed E-state index contributed by atoms with van der Waals surface area (Å²) in [5, 5.41) is 9.49. The van der Waals surface area contributed by atoms with Crippen molar-refractivity contribution in [2.45, 2.75) is 6.18 Å². The van der Waals surface area contributed by atoms with E-state index in [0.717, 1.165) is 30.9 Å². The number of benzene rings is 1. The van der Waals surface area contributed by atoms with Gasteiger partial charge in [0.2, 0.25) is 0 Å². The summed E-state index contributed by atoms with van der Waals surface area (Å²) in [7, 11) is 0. The van der Waals surface area contributed by atoms with Gasteiger partial charge in [-0.3, -0.25) is 9.69 Å². The minimum absolute atomic E-state index is 0.0416. The maximum Gasteiger partial charge on any atom is 0.416 e. The highest BCUT2D eigenvalue weighted by Gasteiger charge is 2.34. The lowest BCUT2D eigenvalue weighted by atomic mass is 10.1. The van der Waals surface area contributed by atoms with E-state index in [2.05, 4.69) is 9.89 Å². The monoisotopic (exact) mass is 385 g/mol. The van der Waals surface area contributed by atoms with Gasteiger partial charge in [-0.2, -0.15) is 18.2 Å². The van der Waals surface area contributed by atoms with Crippen LogP contribution in [-0.2, 0) is 11.0 Å². The third kappa shape index (κ3) is 4.28. The van der Waals surface area contributed by atoms with Gasteiger partial charge in [0.1, 0.15) is 0 Å². The van der Waals surface area contributed by atoms with Crippen molar-refractivity contribution in [3.05, 3.63) is 40.3 Å². The third-order valence-corrected chi connectivity index (χ3v) is 5.27. The normalized spacial score (nSPS) is 20.8. The van der Waals surface area contributed by atoms with Crippen LogP contribution in [0.2, 0.25) is 0 Å². The van der Waals surface area contributed by atoms with E-state index < -0.39 is 17.6 Å². The molecular formula is C17H18F3N3O2S. The Bertz CT molecular complexity index is 741. The molecule has 0 radical (unpaired) electrons. The Balaban J connectivity index is 1.72. The molecule has 0 aromatic heterocycles. The first kappa shape index (κ1) is 18.9. The molecule has 2 aliphatic rings. The fourth-order valence-corrected chi connectivity index (χ4v) is 3.82. The molecule has 1 N–H and O–H groups in total. The molecular weight excluding hydrogens is 367 g/mol. The van der Waals surface area contributed by atoms with E-state index in [-0.39, 0.29) is 17.1 Å². The molecule has 140 valence electrons. The Kier molecular flexibility index (Phi) is 5.69. The van der Waals surface area contributed by atoms with E-state index >= 15 is 0 Å². The fraction of sp³-hybridized carbons (Fsp3) is 0.412. The van der Waals surface area contributed by atoms with Crippen LogP contribution in [0, 0.1) is 0 Å². The van der Waals surface area contributed by atoms with Gasteiger partial charge in [-0.05, 0) is 29.5 Å². The highest BCUT2D eigenvalue weighted by molar-refractivity contribution is 8.18. The second-order valence-electron chi connectivity index (χ2n) is 5.95. The van der Waals surface area contributed by atoms with Crippen LogP contribution in [-0.4, -0.2) is 65.3 Å². The number of alkyl halides is 3. The summed E-state index contributed by atoms with van der Waals surface area (Å²) in [5.74, 6) is -0.514. The van der Waals surface area contributed by atoms with Crippen LogP contribution in [0.25, 0.3) is 6.08 Å². The predicted molar refractivity (Wildman–Crippen MR) is 94.6 cm³/mol. The Morgan fingerprint density at radius 1 is 1.19 bits per heavy atom. The molecule has 1 aromatic rings. The van der Waals surface area contributed by atoms with Gasteiger partial charge < -0.3 is 10.0 Å². The average molecular weight is 385 g/mol. The van der Waals surface area contributed by atoms with Gasteiger partial charge in [0.05, 0.1) is 17.1 Å². The molecule has 0 bridgehead atoms. The lowest BCUT2D eigenvalue weighted by Gasteiger charge is -2.34. The maximum absolute atomic E-state index is 13.1. The number of carbonyl (C=O) groups is 1. The maximum atomic E-state index is 13.1. The molecule has 1 saturated heterocycles. The molecule has 9 heteroatoms. The standard InChI is InChI=1S/C17H18F3N3O2S/c18-17(19,20)13-4-2-1-3-12(13)11-14-15(25)21-16(26-14)23-7-5-22(6-8-23)9-10-24/h1-4,11,24H,5-10H2/b14-11+. The highest BCUT2D eigenvalue weighted by Crippen LogP contribution is 2.36. The molecule has 1 amide bonds. The van der Waals surface area contributed by atoms with Crippen LogP contribution in [0.5, 0.6) is 0 Å². The Hall–Kier alpha value is -1.84. The predicted octanol–water partition coefficient (Wildman–Crippen LogP) is 2.29. The first-order valence-corrected chi connectivity index (χ1v) is 8.97. The molecule has 1 fully saturated rings. The smallest absolute Gasteiger partial charge is 0.395 e. The zero-order chi connectivity index (χ0) is 18.7. The van der Waals surface area contributed by atoms with Crippen LogP contribution in [0.4, 0.5) is 13.2 Å². The number of halogens is 3. The van der Waals surface area contributed by atoms with Crippen LogP contribution in [0.1, 0.15) is 11.1 Å². The summed E-state index contributed by atoms with van der Waals surface area (Å²) >= 11 is 1.11. The van der Waals surface area contributed by atoms with Crippen molar-refractivity contribution < 1.29 is 23.1 Å². The molecule has 0 unspecified atom stereocenters. The average Bonchev–Trinajstić information content (AvgIpc) is 2.96. The van der Waals surface area contributed by atoms with Gasteiger partial charge in [-0.25, -0.2) is 0 Å². The molecule has 0 atom stereocenters. The highest BCUT2D eigenvalue weighted by atomic mass is 32.2. The number of aliphatic imine (C=N–C) groups is 1. The van der Waals surface area contributed by atoms with E-state index in [4.69, 9.17) is 5.11 Å². The number of amidine groups is 1. The molecule has 26 heavy (non-hydrogen) atoms. The number of carbonyl (C=O) groups excluding carboxylic acids is 1. The molecule has 0 spiro atoms. The second kappa shape index (κ2) is 7.81. The minimum Gasteiger partial charge on any atom is -0.395 e.